The highest BCUT2D eigenvalue weighted by atomic mass is 35.5. The highest BCUT2D eigenvalue weighted by molar-refractivity contribution is 5.97. The molecular weight excluding hydrogens is 228 g/mol. The number of carbonyl (C=O) groups is 2. The van der Waals surface area contributed by atoms with Crippen LogP contribution < -0.4 is 10.6 Å². The zero-order chi connectivity index (χ0) is 11.3. The zero-order valence-corrected chi connectivity index (χ0v) is 10.1. The Morgan fingerprint density at radius 1 is 1.31 bits per heavy atom. The van der Waals surface area contributed by atoms with E-state index in [1.165, 1.54) is 6.92 Å². The van der Waals surface area contributed by atoms with E-state index in [1.54, 1.807) is 31.3 Å². The predicted molar refractivity (Wildman–Crippen MR) is 66.3 cm³/mol. The van der Waals surface area contributed by atoms with Crippen molar-refractivity contribution in [2.24, 2.45) is 0 Å². The van der Waals surface area contributed by atoms with E-state index in [2.05, 4.69) is 10.6 Å². The molecule has 1 aromatic carbocycles. The van der Waals surface area contributed by atoms with Crippen molar-refractivity contribution in [1.29, 1.82) is 0 Å². The van der Waals surface area contributed by atoms with Gasteiger partial charge in [0.2, 0.25) is 5.91 Å². The molecule has 0 saturated carbocycles. The molecule has 0 atom stereocenters. The Morgan fingerprint density at radius 2 is 2.00 bits per heavy atom. The van der Waals surface area contributed by atoms with Gasteiger partial charge in [-0.05, 0) is 26.1 Å². The van der Waals surface area contributed by atoms with Crippen LogP contribution in [-0.4, -0.2) is 25.3 Å². The van der Waals surface area contributed by atoms with Crippen LogP contribution >= 0.6 is 12.4 Å². The smallest absolute Gasteiger partial charge is 0.238 e. The van der Waals surface area contributed by atoms with Gasteiger partial charge in [-0.2, -0.15) is 0 Å². The summed E-state index contributed by atoms with van der Waals surface area (Å²) < 4.78 is 0. The van der Waals surface area contributed by atoms with E-state index in [0.717, 1.165) is 0 Å². The third-order valence-electron chi connectivity index (χ3n) is 1.89. The van der Waals surface area contributed by atoms with Crippen LogP contribution in [-0.2, 0) is 4.79 Å². The number of carbonyl (C=O) groups excluding carboxylic acids is 2. The van der Waals surface area contributed by atoms with E-state index in [4.69, 9.17) is 0 Å². The number of anilines is 1. The molecule has 1 rings (SSSR count). The second-order valence-electron chi connectivity index (χ2n) is 3.22. The summed E-state index contributed by atoms with van der Waals surface area (Å²) >= 11 is 0. The summed E-state index contributed by atoms with van der Waals surface area (Å²) in [4.78, 5) is 22.3. The highest BCUT2D eigenvalue weighted by Crippen LogP contribution is 2.10. The molecule has 0 bridgehead atoms. The number of nitrogens with one attached hydrogen (secondary N) is 2. The monoisotopic (exact) mass is 242 g/mol. The number of hydrogen-bond acceptors (Lipinski definition) is 3. The molecule has 4 nitrogen and oxygen atoms in total. The van der Waals surface area contributed by atoms with Crippen LogP contribution in [0.15, 0.2) is 24.3 Å². The first-order valence-corrected chi connectivity index (χ1v) is 4.69. The number of rotatable bonds is 4. The SMILES string of the molecule is CNCC(=O)Nc1cccc(C(C)=O)c1.Cl. The number of hydrogen-bond donors (Lipinski definition) is 2. The average Bonchev–Trinajstić information content (AvgIpc) is 2.18. The van der Waals surface area contributed by atoms with Gasteiger partial charge in [0.05, 0.1) is 6.54 Å². The third-order valence-corrected chi connectivity index (χ3v) is 1.89. The van der Waals surface area contributed by atoms with Gasteiger partial charge in [-0.1, -0.05) is 12.1 Å². The van der Waals surface area contributed by atoms with Gasteiger partial charge in [-0.3, -0.25) is 9.59 Å². The second-order valence-corrected chi connectivity index (χ2v) is 3.22. The summed E-state index contributed by atoms with van der Waals surface area (Å²) in [6.07, 6.45) is 0. The lowest BCUT2D eigenvalue weighted by Crippen LogP contribution is -2.25. The standard InChI is InChI=1S/C11H14N2O2.ClH/c1-8(14)9-4-3-5-10(6-9)13-11(15)7-12-2;/h3-6,12H,7H2,1-2H3,(H,13,15);1H. The first-order chi connectivity index (χ1) is 7.13. The van der Waals surface area contributed by atoms with Crippen molar-refractivity contribution in [2.45, 2.75) is 6.92 Å². The van der Waals surface area contributed by atoms with Crippen LogP contribution in [0.1, 0.15) is 17.3 Å². The summed E-state index contributed by atoms with van der Waals surface area (Å²) in [7, 11) is 1.70. The highest BCUT2D eigenvalue weighted by Gasteiger charge is 2.03. The first kappa shape index (κ1) is 14.6. The molecule has 0 unspecified atom stereocenters. The lowest BCUT2D eigenvalue weighted by atomic mass is 10.1. The van der Waals surface area contributed by atoms with E-state index < -0.39 is 0 Å². The average molecular weight is 243 g/mol. The lowest BCUT2D eigenvalue weighted by molar-refractivity contribution is -0.115. The summed E-state index contributed by atoms with van der Waals surface area (Å²) in [6.45, 7) is 1.75. The van der Waals surface area contributed by atoms with Crippen molar-refractivity contribution in [2.75, 3.05) is 18.9 Å². The maximum absolute atomic E-state index is 11.2. The van der Waals surface area contributed by atoms with Crippen molar-refractivity contribution >= 4 is 29.8 Å². The third kappa shape index (κ3) is 4.42. The molecule has 2 N–H and O–H groups in total. The maximum atomic E-state index is 11.2. The number of amides is 1. The minimum Gasteiger partial charge on any atom is -0.325 e. The Balaban J connectivity index is 0.00000225. The van der Waals surface area contributed by atoms with Gasteiger partial charge >= 0.3 is 0 Å². The fourth-order valence-electron chi connectivity index (χ4n) is 1.18. The van der Waals surface area contributed by atoms with Crippen molar-refractivity contribution in [3.63, 3.8) is 0 Å². The minimum atomic E-state index is -0.127. The van der Waals surface area contributed by atoms with Gasteiger partial charge in [-0.25, -0.2) is 0 Å². The lowest BCUT2D eigenvalue weighted by Gasteiger charge is -2.05. The van der Waals surface area contributed by atoms with Gasteiger partial charge in [-0.15, -0.1) is 12.4 Å². The van der Waals surface area contributed by atoms with Crippen LogP contribution in [0.4, 0.5) is 5.69 Å². The molecule has 5 heteroatoms. The van der Waals surface area contributed by atoms with Gasteiger partial charge < -0.3 is 10.6 Å². The molecule has 0 aliphatic heterocycles. The number of halogens is 1. The number of ketones is 1. The summed E-state index contributed by atoms with van der Waals surface area (Å²) in [5.74, 6) is -0.141. The molecule has 0 aromatic heterocycles. The number of Topliss-reactive ketones (excluding diaryl/α,β-unsaturated/α-hetero) is 1. The zero-order valence-electron chi connectivity index (χ0n) is 9.24. The normalized spacial score (nSPS) is 9.12. The fourth-order valence-corrected chi connectivity index (χ4v) is 1.18. The molecule has 1 aromatic rings. The van der Waals surface area contributed by atoms with E-state index in [0.29, 0.717) is 11.3 Å². The van der Waals surface area contributed by atoms with Crippen LogP contribution in [0.3, 0.4) is 0 Å². The van der Waals surface area contributed by atoms with Crippen molar-refractivity contribution < 1.29 is 9.59 Å². The van der Waals surface area contributed by atoms with Crippen LogP contribution in [0.5, 0.6) is 0 Å². The molecule has 0 aliphatic carbocycles. The predicted octanol–water partition coefficient (Wildman–Crippen LogP) is 1.47. The molecule has 0 radical (unpaired) electrons. The molecule has 0 heterocycles. The minimum absolute atomic E-state index is 0. The van der Waals surface area contributed by atoms with Crippen LogP contribution in [0, 0.1) is 0 Å². The quantitative estimate of drug-likeness (QED) is 0.787. The molecule has 0 fully saturated rings. The number of likely N-dealkylation sites (N-methyl/N-ethyl adjacent to an activating group) is 1. The van der Waals surface area contributed by atoms with Crippen molar-refractivity contribution in [3.05, 3.63) is 29.8 Å². The largest absolute Gasteiger partial charge is 0.325 e. The van der Waals surface area contributed by atoms with Crippen LogP contribution in [0.2, 0.25) is 0 Å². The molecular formula is C11H15ClN2O2. The topological polar surface area (TPSA) is 58.2 Å². The molecule has 0 spiro atoms. The summed E-state index contributed by atoms with van der Waals surface area (Å²) in [5.41, 5.74) is 1.24. The van der Waals surface area contributed by atoms with E-state index in [-0.39, 0.29) is 30.6 Å². The molecule has 88 valence electrons. The van der Waals surface area contributed by atoms with E-state index in [9.17, 15) is 9.59 Å². The molecule has 16 heavy (non-hydrogen) atoms. The van der Waals surface area contributed by atoms with Gasteiger partial charge in [0.25, 0.3) is 0 Å². The van der Waals surface area contributed by atoms with Gasteiger partial charge in [0.15, 0.2) is 5.78 Å². The first-order valence-electron chi connectivity index (χ1n) is 4.69. The molecule has 1 amide bonds. The Labute approximate surface area is 101 Å². The maximum Gasteiger partial charge on any atom is 0.238 e. The Kier molecular flexibility index (Phi) is 6.37. The Bertz CT molecular complexity index is 380. The Hall–Kier alpha value is -1.39. The summed E-state index contributed by atoms with van der Waals surface area (Å²) in [6, 6.07) is 6.87. The van der Waals surface area contributed by atoms with Crippen molar-refractivity contribution in [1.82, 2.24) is 5.32 Å². The van der Waals surface area contributed by atoms with Gasteiger partial charge in [0, 0.05) is 11.3 Å². The van der Waals surface area contributed by atoms with E-state index >= 15 is 0 Å². The van der Waals surface area contributed by atoms with Crippen LogP contribution in [0.25, 0.3) is 0 Å². The Morgan fingerprint density at radius 3 is 2.56 bits per heavy atom. The molecule has 0 aliphatic rings. The fraction of sp³-hybridized carbons (Fsp3) is 0.273. The van der Waals surface area contributed by atoms with Crippen molar-refractivity contribution in [3.8, 4) is 0 Å². The van der Waals surface area contributed by atoms with E-state index in [1.807, 2.05) is 0 Å². The molecule has 0 saturated heterocycles. The van der Waals surface area contributed by atoms with Gasteiger partial charge in [0.1, 0.15) is 0 Å². The summed E-state index contributed by atoms with van der Waals surface area (Å²) in [5, 5.41) is 5.43. The number of benzene rings is 1. The second kappa shape index (κ2) is 6.98.